The summed E-state index contributed by atoms with van der Waals surface area (Å²) in [6.07, 6.45) is 4.98. The molecule has 1 aromatic carbocycles. The molecule has 1 atom stereocenters. The summed E-state index contributed by atoms with van der Waals surface area (Å²) in [7, 11) is 2.10. The Kier molecular flexibility index (Phi) is 5.45. The van der Waals surface area contributed by atoms with Crippen molar-refractivity contribution in [1.29, 1.82) is 0 Å². The zero-order chi connectivity index (χ0) is 15.5. The van der Waals surface area contributed by atoms with Gasteiger partial charge in [-0.25, -0.2) is 0 Å². The number of nitrogens with zero attached hydrogens (tertiary/aromatic N) is 1. The number of likely N-dealkylation sites (N-methyl/N-ethyl adjacent to an activating group) is 2. The van der Waals surface area contributed by atoms with Gasteiger partial charge in [-0.3, -0.25) is 4.90 Å². The van der Waals surface area contributed by atoms with Crippen LogP contribution in [0.15, 0.2) is 18.2 Å². The van der Waals surface area contributed by atoms with E-state index in [0.29, 0.717) is 6.04 Å². The molecular formula is C19H32N2. The highest BCUT2D eigenvalue weighted by Crippen LogP contribution is 2.26. The summed E-state index contributed by atoms with van der Waals surface area (Å²) in [5.41, 5.74) is 4.80. The van der Waals surface area contributed by atoms with Gasteiger partial charge in [-0.1, -0.05) is 32.0 Å². The first-order valence-corrected chi connectivity index (χ1v) is 8.55. The molecule has 0 heterocycles. The van der Waals surface area contributed by atoms with Gasteiger partial charge in [0.2, 0.25) is 0 Å². The van der Waals surface area contributed by atoms with E-state index < -0.39 is 0 Å². The molecule has 0 bridgehead atoms. The number of nitrogens with one attached hydrogen (secondary N) is 1. The molecule has 1 aliphatic rings. The standard InChI is InChI=1S/C19H32N2/c1-6-21(7-2)19(3,4)18(20-5)14-15-11-12-16-9-8-10-17(16)13-15/h11-13,18,20H,6-10,14H2,1-5H3. The van der Waals surface area contributed by atoms with Gasteiger partial charge >= 0.3 is 0 Å². The van der Waals surface area contributed by atoms with Crippen molar-refractivity contribution in [3.05, 3.63) is 34.9 Å². The largest absolute Gasteiger partial charge is 0.315 e. The van der Waals surface area contributed by atoms with Gasteiger partial charge < -0.3 is 5.32 Å². The van der Waals surface area contributed by atoms with E-state index in [9.17, 15) is 0 Å². The third-order valence-corrected chi connectivity index (χ3v) is 5.38. The normalized spacial score (nSPS) is 16.3. The molecule has 0 saturated carbocycles. The van der Waals surface area contributed by atoms with Crippen molar-refractivity contribution in [2.24, 2.45) is 0 Å². The predicted octanol–water partition coefficient (Wildman–Crippen LogP) is 3.43. The van der Waals surface area contributed by atoms with Gasteiger partial charge in [0.05, 0.1) is 0 Å². The van der Waals surface area contributed by atoms with Crippen LogP contribution in [0.1, 0.15) is 50.8 Å². The quantitative estimate of drug-likeness (QED) is 0.827. The van der Waals surface area contributed by atoms with Crippen LogP contribution < -0.4 is 5.32 Å². The first-order valence-electron chi connectivity index (χ1n) is 8.55. The van der Waals surface area contributed by atoms with E-state index in [0.717, 1.165) is 19.5 Å². The number of fused-ring (bicyclic) bond motifs is 1. The van der Waals surface area contributed by atoms with E-state index in [1.807, 2.05) is 0 Å². The maximum absolute atomic E-state index is 3.57. The smallest absolute Gasteiger partial charge is 0.0309 e. The van der Waals surface area contributed by atoms with Gasteiger partial charge in [-0.2, -0.15) is 0 Å². The first-order chi connectivity index (χ1) is 10.0. The Labute approximate surface area is 130 Å². The Balaban J connectivity index is 2.15. The van der Waals surface area contributed by atoms with Crippen molar-refractivity contribution < 1.29 is 0 Å². The average molecular weight is 288 g/mol. The number of hydrogen-bond donors (Lipinski definition) is 1. The van der Waals surface area contributed by atoms with E-state index in [1.165, 1.54) is 24.8 Å². The summed E-state index contributed by atoms with van der Waals surface area (Å²) < 4.78 is 0. The molecule has 0 amide bonds. The number of benzene rings is 1. The summed E-state index contributed by atoms with van der Waals surface area (Å²) in [6.45, 7) is 11.5. The minimum absolute atomic E-state index is 0.164. The molecule has 1 unspecified atom stereocenters. The molecule has 2 nitrogen and oxygen atoms in total. The topological polar surface area (TPSA) is 15.3 Å². The van der Waals surface area contributed by atoms with E-state index in [2.05, 4.69) is 63.2 Å². The highest BCUT2D eigenvalue weighted by Gasteiger charge is 2.33. The van der Waals surface area contributed by atoms with Crippen molar-refractivity contribution in [2.45, 2.75) is 65.0 Å². The molecule has 1 N–H and O–H groups in total. The fourth-order valence-corrected chi connectivity index (χ4v) is 3.95. The van der Waals surface area contributed by atoms with E-state index >= 15 is 0 Å². The molecule has 1 aliphatic carbocycles. The van der Waals surface area contributed by atoms with Crippen molar-refractivity contribution in [3.8, 4) is 0 Å². The van der Waals surface area contributed by atoms with Crippen LogP contribution in [0.2, 0.25) is 0 Å². The third kappa shape index (κ3) is 3.49. The molecular weight excluding hydrogens is 256 g/mol. The molecule has 0 saturated heterocycles. The van der Waals surface area contributed by atoms with E-state index in [1.54, 1.807) is 11.1 Å². The lowest BCUT2D eigenvalue weighted by Gasteiger charge is -2.43. The monoisotopic (exact) mass is 288 g/mol. The van der Waals surface area contributed by atoms with Gasteiger partial charge in [0.15, 0.2) is 0 Å². The summed E-state index contributed by atoms with van der Waals surface area (Å²) in [5.74, 6) is 0. The Morgan fingerprint density at radius 2 is 1.81 bits per heavy atom. The fourth-order valence-electron chi connectivity index (χ4n) is 3.95. The van der Waals surface area contributed by atoms with Gasteiger partial charge in [0.1, 0.15) is 0 Å². The molecule has 2 heteroatoms. The van der Waals surface area contributed by atoms with Crippen LogP contribution in [-0.4, -0.2) is 36.6 Å². The molecule has 2 rings (SSSR count). The highest BCUT2D eigenvalue weighted by atomic mass is 15.2. The molecule has 21 heavy (non-hydrogen) atoms. The lowest BCUT2D eigenvalue weighted by Crippen LogP contribution is -2.57. The molecule has 0 radical (unpaired) electrons. The molecule has 1 aromatic rings. The third-order valence-electron chi connectivity index (χ3n) is 5.38. The van der Waals surface area contributed by atoms with Crippen molar-refractivity contribution in [1.82, 2.24) is 10.2 Å². The first kappa shape index (κ1) is 16.5. The number of aryl methyl sites for hydroxylation is 2. The van der Waals surface area contributed by atoms with Crippen LogP contribution in [-0.2, 0) is 19.3 Å². The summed E-state index contributed by atoms with van der Waals surface area (Å²) >= 11 is 0. The van der Waals surface area contributed by atoms with Crippen LogP contribution in [0.4, 0.5) is 0 Å². The van der Waals surface area contributed by atoms with Crippen LogP contribution in [0.3, 0.4) is 0 Å². The Morgan fingerprint density at radius 3 is 2.43 bits per heavy atom. The van der Waals surface area contributed by atoms with Gasteiger partial charge in [0, 0.05) is 11.6 Å². The predicted molar refractivity (Wildman–Crippen MR) is 92.0 cm³/mol. The maximum Gasteiger partial charge on any atom is 0.0309 e. The van der Waals surface area contributed by atoms with Gasteiger partial charge in [0.25, 0.3) is 0 Å². The van der Waals surface area contributed by atoms with Crippen molar-refractivity contribution >= 4 is 0 Å². The average Bonchev–Trinajstić information content (AvgIpc) is 2.93. The zero-order valence-corrected chi connectivity index (χ0v) is 14.5. The summed E-state index contributed by atoms with van der Waals surface area (Å²) in [5, 5.41) is 3.57. The molecule has 0 aliphatic heterocycles. The lowest BCUT2D eigenvalue weighted by atomic mass is 9.87. The molecule has 0 aromatic heterocycles. The second-order valence-electron chi connectivity index (χ2n) is 6.83. The maximum atomic E-state index is 3.57. The van der Waals surface area contributed by atoms with Crippen molar-refractivity contribution in [2.75, 3.05) is 20.1 Å². The highest BCUT2D eigenvalue weighted by molar-refractivity contribution is 5.35. The fraction of sp³-hybridized carbons (Fsp3) is 0.684. The summed E-state index contributed by atoms with van der Waals surface area (Å²) in [4.78, 5) is 2.56. The van der Waals surface area contributed by atoms with Crippen LogP contribution >= 0.6 is 0 Å². The second-order valence-corrected chi connectivity index (χ2v) is 6.83. The summed E-state index contributed by atoms with van der Waals surface area (Å²) in [6, 6.07) is 7.61. The molecule has 0 spiro atoms. The van der Waals surface area contributed by atoms with Gasteiger partial charge in [-0.15, -0.1) is 0 Å². The zero-order valence-electron chi connectivity index (χ0n) is 14.5. The van der Waals surface area contributed by atoms with Gasteiger partial charge in [-0.05, 0) is 76.4 Å². The minimum Gasteiger partial charge on any atom is -0.315 e. The Hall–Kier alpha value is -0.860. The Bertz CT molecular complexity index is 461. The SMILES string of the molecule is CCN(CC)C(C)(C)C(Cc1ccc2c(c1)CCC2)NC. The lowest BCUT2D eigenvalue weighted by molar-refractivity contribution is 0.0943. The number of rotatable bonds is 7. The van der Waals surface area contributed by atoms with E-state index in [-0.39, 0.29) is 5.54 Å². The van der Waals surface area contributed by atoms with Crippen molar-refractivity contribution in [3.63, 3.8) is 0 Å². The van der Waals surface area contributed by atoms with Crippen LogP contribution in [0.25, 0.3) is 0 Å². The Morgan fingerprint density at radius 1 is 1.14 bits per heavy atom. The second kappa shape index (κ2) is 6.93. The van der Waals surface area contributed by atoms with Crippen LogP contribution in [0, 0.1) is 0 Å². The van der Waals surface area contributed by atoms with E-state index in [4.69, 9.17) is 0 Å². The minimum atomic E-state index is 0.164. The number of hydrogen-bond acceptors (Lipinski definition) is 2. The molecule has 118 valence electrons. The van der Waals surface area contributed by atoms with Crippen LogP contribution in [0.5, 0.6) is 0 Å². The molecule has 0 fully saturated rings.